The summed E-state index contributed by atoms with van der Waals surface area (Å²) >= 11 is 0. The van der Waals surface area contributed by atoms with E-state index >= 15 is 0 Å². The molecule has 2 aromatic rings. The highest BCUT2D eigenvalue weighted by Gasteiger charge is 2.20. The number of nitrogens with zero attached hydrogens (tertiary/aromatic N) is 5. The molecule has 8 nitrogen and oxygen atoms in total. The maximum absolute atomic E-state index is 12.1. The molecule has 0 saturated carbocycles. The molecule has 2 N–H and O–H groups in total. The Hall–Kier alpha value is -2.17. The molecule has 152 valence electrons. The molecule has 1 aliphatic heterocycles. The van der Waals surface area contributed by atoms with Crippen LogP contribution >= 0.6 is 24.0 Å². The molecule has 1 aromatic heterocycles. The number of hydrogen-bond acceptors (Lipinski definition) is 4. The van der Waals surface area contributed by atoms with Gasteiger partial charge in [-0.1, -0.05) is 12.1 Å². The van der Waals surface area contributed by atoms with E-state index in [9.17, 15) is 4.79 Å². The molecule has 28 heavy (non-hydrogen) atoms. The first-order valence-corrected chi connectivity index (χ1v) is 9.21. The van der Waals surface area contributed by atoms with Crippen LogP contribution in [0.15, 0.2) is 35.6 Å². The van der Waals surface area contributed by atoms with Crippen LogP contribution < -0.4 is 10.6 Å². The quantitative estimate of drug-likeness (QED) is 0.370. The van der Waals surface area contributed by atoms with Crippen LogP contribution in [0.1, 0.15) is 28.2 Å². The van der Waals surface area contributed by atoms with Gasteiger partial charge in [-0.05, 0) is 30.5 Å². The lowest BCUT2D eigenvalue weighted by molar-refractivity contribution is 0.0827. The van der Waals surface area contributed by atoms with E-state index in [2.05, 4.69) is 25.7 Å². The van der Waals surface area contributed by atoms with Gasteiger partial charge in [0.15, 0.2) is 5.96 Å². The summed E-state index contributed by atoms with van der Waals surface area (Å²) in [5.41, 5.74) is 1.83. The predicted octanol–water partition coefficient (Wildman–Crippen LogP) is 1.32. The van der Waals surface area contributed by atoms with Gasteiger partial charge >= 0.3 is 0 Å². The van der Waals surface area contributed by atoms with Crippen molar-refractivity contribution in [3.63, 3.8) is 0 Å². The number of halogens is 1. The van der Waals surface area contributed by atoms with E-state index in [1.165, 1.54) is 0 Å². The third-order valence-corrected chi connectivity index (χ3v) is 4.66. The molecule has 1 atom stereocenters. The van der Waals surface area contributed by atoms with Gasteiger partial charge in [-0.2, -0.15) is 5.10 Å². The molecular weight excluding hydrogens is 469 g/mol. The summed E-state index contributed by atoms with van der Waals surface area (Å²) < 4.78 is 1.95. The number of nitrogens with one attached hydrogen (secondary N) is 2. The molecule has 1 aromatic carbocycles. The fourth-order valence-electron chi connectivity index (χ4n) is 3.19. The highest BCUT2D eigenvalue weighted by molar-refractivity contribution is 14.0. The van der Waals surface area contributed by atoms with Gasteiger partial charge in [0, 0.05) is 45.7 Å². The average molecular weight is 497 g/mol. The summed E-state index contributed by atoms with van der Waals surface area (Å²) in [6.45, 7) is 1.53. The number of aryl methyl sites for hydroxylation is 1. The molecule has 0 aliphatic carbocycles. The molecule has 1 amide bonds. The number of rotatable bonds is 5. The van der Waals surface area contributed by atoms with Gasteiger partial charge < -0.3 is 15.5 Å². The monoisotopic (exact) mass is 497 g/mol. The molecule has 0 fully saturated rings. The van der Waals surface area contributed by atoms with Gasteiger partial charge in [0.1, 0.15) is 12.2 Å². The van der Waals surface area contributed by atoms with Gasteiger partial charge in [-0.25, -0.2) is 9.67 Å². The van der Waals surface area contributed by atoms with E-state index in [4.69, 9.17) is 0 Å². The van der Waals surface area contributed by atoms with Gasteiger partial charge in [0.2, 0.25) is 0 Å². The molecule has 0 saturated heterocycles. The van der Waals surface area contributed by atoms with Crippen LogP contribution in [0.2, 0.25) is 0 Å². The molecule has 0 spiro atoms. The zero-order chi connectivity index (χ0) is 19.2. The number of carbonyl (C=O) groups is 1. The van der Waals surface area contributed by atoms with Crippen molar-refractivity contribution in [1.82, 2.24) is 30.3 Å². The third kappa shape index (κ3) is 5.66. The van der Waals surface area contributed by atoms with Crippen LogP contribution in [0.5, 0.6) is 0 Å². The Kier molecular flexibility index (Phi) is 8.21. The highest BCUT2D eigenvalue weighted by Crippen LogP contribution is 2.11. The molecule has 3 rings (SSSR count). The normalized spacial score (nSPS) is 16.0. The molecule has 2 heterocycles. The number of carbonyl (C=O) groups excluding carboxylic acids is 1. The Balaban J connectivity index is 0.00000280. The number of aromatic nitrogens is 3. The van der Waals surface area contributed by atoms with E-state index in [1.807, 2.05) is 28.9 Å². The van der Waals surface area contributed by atoms with Crippen LogP contribution in [-0.4, -0.2) is 65.3 Å². The Labute approximate surface area is 182 Å². The van der Waals surface area contributed by atoms with Crippen LogP contribution in [0.4, 0.5) is 0 Å². The fraction of sp³-hybridized carbons (Fsp3) is 0.474. The Morgan fingerprint density at radius 1 is 1.39 bits per heavy atom. The minimum absolute atomic E-state index is 0. The lowest BCUT2D eigenvalue weighted by Crippen LogP contribution is -2.47. The van der Waals surface area contributed by atoms with Crippen molar-refractivity contribution < 1.29 is 4.79 Å². The number of aliphatic imine (C=N–C) groups is 1. The zero-order valence-corrected chi connectivity index (χ0v) is 18.9. The second-order valence-electron chi connectivity index (χ2n) is 6.89. The number of guanidine groups is 1. The molecular formula is C19H28IN7O. The summed E-state index contributed by atoms with van der Waals surface area (Å²) in [6.07, 6.45) is 4.35. The molecule has 0 bridgehead atoms. The Morgan fingerprint density at radius 3 is 2.96 bits per heavy atom. The number of amides is 1. The van der Waals surface area contributed by atoms with Crippen molar-refractivity contribution in [1.29, 1.82) is 0 Å². The number of hydrogen-bond donors (Lipinski definition) is 2. The van der Waals surface area contributed by atoms with Crippen molar-refractivity contribution in [3.05, 3.63) is 47.5 Å². The summed E-state index contributed by atoms with van der Waals surface area (Å²) in [5, 5.41) is 11.1. The lowest BCUT2D eigenvalue weighted by Gasteiger charge is -2.25. The summed E-state index contributed by atoms with van der Waals surface area (Å²) in [5.74, 6) is 1.85. The SMILES string of the molecule is CN=C(NCCc1cccc(C(=O)N(C)C)c1)NC1CCc2ncnn2C1.I. The molecule has 1 aliphatic rings. The van der Waals surface area contributed by atoms with Crippen molar-refractivity contribution in [2.24, 2.45) is 4.99 Å². The van der Waals surface area contributed by atoms with Crippen molar-refractivity contribution in [2.75, 3.05) is 27.7 Å². The lowest BCUT2D eigenvalue weighted by atomic mass is 10.1. The number of benzene rings is 1. The Bertz CT molecular complexity index is 818. The van der Waals surface area contributed by atoms with E-state index < -0.39 is 0 Å². The smallest absolute Gasteiger partial charge is 0.253 e. The standard InChI is InChI=1S/C19H27N7O.HI/c1-20-19(24-16-7-8-17-22-13-23-26(17)12-16)21-10-9-14-5-4-6-15(11-14)18(27)25(2)3;/h4-6,11,13,16H,7-10,12H2,1-3H3,(H2,20,21,24);1H. The molecule has 9 heteroatoms. The molecule has 0 radical (unpaired) electrons. The van der Waals surface area contributed by atoms with E-state index in [0.717, 1.165) is 49.7 Å². The van der Waals surface area contributed by atoms with Gasteiger partial charge in [0.25, 0.3) is 5.91 Å². The van der Waals surface area contributed by atoms with Crippen LogP contribution in [0.3, 0.4) is 0 Å². The van der Waals surface area contributed by atoms with Gasteiger partial charge in [0.05, 0.1) is 6.54 Å². The fourth-order valence-corrected chi connectivity index (χ4v) is 3.19. The topological polar surface area (TPSA) is 87.4 Å². The van der Waals surface area contributed by atoms with E-state index in [-0.39, 0.29) is 35.9 Å². The second kappa shape index (κ2) is 10.4. The zero-order valence-electron chi connectivity index (χ0n) is 16.6. The van der Waals surface area contributed by atoms with Crippen molar-refractivity contribution >= 4 is 35.8 Å². The first-order valence-electron chi connectivity index (χ1n) is 9.21. The van der Waals surface area contributed by atoms with Crippen LogP contribution in [-0.2, 0) is 19.4 Å². The van der Waals surface area contributed by atoms with E-state index in [1.54, 1.807) is 32.4 Å². The highest BCUT2D eigenvalue weighted by atomic mass is 127. The maximum Gasteiger partial charge on any atom is 0.253 e. The summed E-state index contributed by atoms with van der Waals surface area (Å²) in [6, 6.07) is 8.05. The van der Waals surface area contributed by atoms with Crippen LogP contribution in [0, 0.1) is 0 Å². The van der Waals surface area contributed by atoms with Gasteiger partial charge in [-0.3, -0.25) is 9.79 Å². The first kappa shape index (κ1) is 22.1. The molecule has 1 unspecified atom stereocenters. The van der Waals surface area contributed by atoms with Crippen molar-refractivity contribution in [2.45, 2.75) is 31.8 Å². The van der Waals surface area contributed by atoms with Crippen LogP contribution in [0.25, 0.3) is 0 Å². The maximum atomic E-state index is 12.1. The predicted molar refractivity (Wildman–Crippen MR) is 120 cm³/mol. The third-order valence-electron chi connectivity index (χ3n) is 4.66. The summed E-state index contributed by atoms with van der Waals surface area (Å²) in [7, 11) is 5.30. The average Bonchev–Trinajstić information content (AvgIpc) is 3.14. The summed E-state index contributed by atoms with van der Waals surface area (Å²) in [4.78, 5) is 22.2. The number of fused-ring (bicyclic) bond motifs is 1. The van der Waals surface area contributed by atoms with E-state index in [0.29, 0.717) is 5.56 Å². The largest absolute Gasteiger partial charge is 0.356 e. The van der Waals surface area contributed by atoms with Crippen molar-refractivity contribution in [3.8, 4) is 0 Å². The van der Waals surface area contributed by atoms with Gasteiger partial charge in [-0.15, -0.1) is 24.0 Å². The minimum atomic E-state index is 0. The second-order valence-corrected chi connectivity index (χ2v) is 6.89. The Morgan fingerprint density at radius 2 is 2.21 bits per heavy atom. The minimum Gasteiger partial charge on any atom is -0.356 e. The first-order chi connectivity index (χ1) is 13.1.